The van der Waals surface area contributed by atoms with Crippen molar-refractivity contribution in [1.29, 1.82) is 0 Å². The number of benzene rings is 1. The summed E-state index contributed by atoms with van der Waals surface area (Å²) in [5.74, 6) is -0.408. The molecular formula is C18H25ClFN3O3. The van der Waals surface area contributed by atoms with Gasteiger partial charge in [-0.05, 0) is 37.1 Å². The van der Waals surface area contributed by atoms with Crippen molar-refractivity contribution in [2.75, 3.05) is 38.2 Å². The maximum atomic E-state index is 12.9. The second kappa shape index (κ2) is 9.85. The monoisotopic (exact) mass is 385 g/mol. The van der Waals surface area contributed by atoms with E-state index < -0.39 is 0 Å². The van der Waals surface area contributed by atoms with Gasteiger partial charge in [0.25, 0.3) is 0 Å². The van der Waals surface area contributed by atoms with Gasteiger partial charge >= 0.3 is 0 Å². The highest BCUT2D eigenvalue weighted by Crippen LogP contribution is 2.20. The maximum absolute atomic E-state index is 12.9. The van der Waals surface area contributed by atoms with E-state index in [-0.39, 0.29) is 42.0 Å². The van der Waals surface area contributed by atoms with Crippen molar-refractivity contribution < 1.29 is 18.7 Å². The minimum absolute atomic E-state index is 0. The molecule has 0 radical (unpaired) electrons. The van der Waals surface area contributed by atoms with Crippen LogP contribution in [-0.2, 0) is 14.3 Å². The molecule has 3 rings (SSSR count). The molecule has 1 aromatic rings. The molecule has 26 heavy (non-hydrogen) atoms. The van der Waals surface area contributed by atoms with Crippen LogP contribution in [0.5, 0.6) is 0 Å². The third-order valence-corrected chi connectivity index (χ3v) is 4.75. The molecule has 2 saturated heterocycles. The molecule has 2 heterocycles. The average Bonchev–Trinajstić information content (AvgIpc) is 2.64. The summed E-state index contributed by atoms with van der Waals surface area (Å²) in [6.45, 7) is 3.23. The summed E-state index contributed by atoms with van der Waals surface area (Å²) >= 11 is 0. The van der Waals surface area contributed by atoms with Crippen LogP contribution in [0.15, 0.2) is 24.3 Å². The van der Waals surface area contributed by atoms with Crippen molar-refractivity contribution in [3.05, 3.63) is 30.1 Å². The molecule has 0 saturated carbocycles. The smallest absolute Gasteiger partial charge is 0.227 e. The molecule has 1 unspecified atom stereocenters. The van der Waals surface area contributed by atoms with Gasteiger partial charge in [0.05, 0.1) is 13.2 Å². The van der Waals surface area contributed by atoms with Gasteiger partial charge in [-0.15, -0.1) is 12.4 Å². The van der Waals surface area contributed by atoms with Crippen LogP contribution in [0.25, 0.3) is 0 Å². The van der Waals surface area contributed by atoms with Crippen LogP contribution in [0.4, 0.5) is 10.1 Å². The van der Waals surface area contributed by atoms with Gasteiger partial charge < -0.3 is 20.3 Å². The Bertz CT molecular complexity index is 600. The lowest BCUT2D eigenvalue weighted by atomic mass is 9.95. The van der Waals surface area contributed by atoms with Crippen molar-refractivity contribution in [2.45, 2.75) is 25.3 Å². The van der Waals surface area contributed by atoms with Crippen LogP contribution >= 0.6 is 12.4 Å². The van der Waals surface area contributed by atoms with Gasteiger partial charge in [-0.25, -0.2) is 4.39 Å². The molecule has 2 aliphatic heterocycles. The highest BCUT2D eigenvalue weighted by Gasteiger charge is 2.28. The van der Waals surface area contributed by atoms with Crippen LogP contribution < -0.4 is 10.6 Å². The van der Waals surface area contributed by atoms with Crippen LogP contribution in [0.2, 0.25) is 0 Å². The van der Waals surface area contributed by atoms with E-state index in [0.717, 1.165) is 6.54 Å². The van der Waals surface area contributed by atoms with E-state index in [1.54, 1.807) is 12.1 Å². The first-order chi connectivity index (χ1) is 12.1. The van der Waals surface area contributed by atoms with E-state index in [4.69, 9.17) is 4.74 Å². The molecule has 2 fully saturated rings. The molecule has 8 heteroatoms. The summed E-state index contributed by atoms with van der Waals surface area (Å²) in [6, 6.07) is 5.82. The number of nitrogens with one attached hydrogen (secondary N) is 2. The van der Waals surface area contributed by atoms with E-state index >= 15 is 0 Å². The van der Waals surface area contributed by atoms with Crippen LogP contribution in [0.3, 0.4) is 0 Å². The predicted molar refractivity (Wildman–Crippen MR) is 98.8 cm³/mol. The zero-order valence-electron chi connectivity index (χ0n) is 14.6. The Balaban J connectivity index is 0.00000243. The minimum Gasteiger partial charge on any atom is -0.378 e. The lowest BCUT2D eigenvalue weighted by Gasteiger charge is -2.33. The number of nitrogens with zero attached hydrogens (tertiary/aromatic N) is 1. The number of halogens is 2. The molecule has 0 bridgehead atoms. The number of ether oxygens (including phenoxy) is 1. The van der Waals surface area contributed by atoms with Gasteiger partial charge in [-0.2, -0.15) is 0 Å². The number of amides is 2. The number of piperidine rings is 1. The SMILES string of the molecule is Cl.O=C(Nc1ccc(F)cc1)C1CCN(C(=O)CC2COCCN2)CC1. The van der Waals surface area contributed by atoms with E-state index in [1.807, 2.05) is 4.90 Å². The normalized spacial score (nSPS) is 21.0. The maximum Gasteiger partial charge on any atom is 0.227 e. The summed E-state index contributed by atoms with van der Waals surface area (Å²) in [5, 5.41) is 6.10. The van der Waals surface area contributed by atoms with Crippen molar-refractivity contribution in [3.63, 3.8) is 0 Å². The summed E-state index contributed by atoms with van der Waals surface area (Å²) in [7, 11) is 0. The molecule has 2 N–H and O–H groups in total. The number of rotatable bonds is 4. The molecule has 0 spiro atoms. The van der Waals surface area contributed by atoms with Gasteiger partial charge in [0, 0.05) is 43.7 Å². The fraction of sp³-hybridized carbons (Fsp3) is 0.556. The Morgan fingerprint density at radius 1 is 1.23 bits per heavy atom. The van der Waals surface area contributed by atoms with Crippen molar-refractivity contribution >= 4 is 29.9 Å². The quantitative estimate of drug-likeness (QED) is 0.829. The lowest BCUT2D eigenvalue weighted by Crippen LogP contribution is -2.47. The number of likely N-dealkylation sites (tertiary alicyclic amines) is 1. The summed E-state index contributed by atoms with van der Waals surface area (Å²) in [6.07, 6.45) is 1.73. The van der Waals surface area contributed by atoms with E-state index in [0.29, 0.717) is 51.3 Å². The first-order valence-corrected chi connectivity index (χ1v) is 8.77. The lowest BCUT2D eigenvalue weighted by molar-refractivity contribution is -0.135. The fourth-order valence-corrected chi connectivity index (χ4v) is 3.26. The average molecular weight is 386 g/mol. The summed E-state index contributed by atoms with van der Waals surface area (Å²) in [5.41, 5.74) is 0.591. The van der Waals surface area contributed by atoms with Crippen LogP contribution in [-0.4, -0.2) is 55.6 Å². The van der Waals surface area contributed by atoms with Crippen molar-refractivity contribution in [1.82, 2.24) is 10.2 Å². The Kier molecular flexibility index (Phi) is 7.81. The molecule has 144 valence electrons. The third-order valence-electron chi connectivity index (χ3n) is 4.75. The van der Waals surface area contributed by atoms with E-state index in [9.17, 15) is 14.0 Å². The Hall–Kier alpha value is -1.70. The van der Waals surface area contributed by atoms with Crippen LogP contribution in [0.1, 0.15) is 19.3 Å². The van der Waals surface area contributed by atoms with Crippen LogP contribution in [0, 0.1) is 11.7 Å². The topological polar surface area (TPSA) is 70.7 Å². The zero-order chi connectivity index (χ0) is 17.6. The number of morpholine rings is 1. The van der Waals surface area contributed by atoms with Gasteiger partial charge in [0.1, 0.15) is 5.82 Å². The second-order valence-electron chi connectivity index (χ2n) is 6.58. The molecule has 0 aromatic heterocycles. The highest BCUT2D eigenvalue weighted by atomic mass is 35.5. The molecule has 1 atom stereocenters. The molecule has 2 amide bonds. The Labute approximate surface area is 158 Å². The molecule has 0 aliphatic carbocycles. The third kappa shape index (κ3) is 5.65. The Morgan fingerprint density at radius 2 is 1.92 bits per heavy atom. The zero-order valence-corrected chi connectivity index (χ0v) is 15.4. The van der Waals surface area contributed by atoms with Gasteiger partial charge in [-0.1, -0.05) is 0 Å². The first-order valence-electron chi connectivity index (χ1n) is 8.77. The van der Waals surface area contributed by atoms with Crippen molar-refractivity contribution in [3.8, 4) is 0 Å². The second-order valence-corrected chi connectivity index (χ2v) is 6.58. The molecular weight excluding hydrogens is 361 g/mol. The molecule has 1 aromatic carbocycles. The fourth-order valence-electron chi connectivity index (χ4n) is 3.26. The first kappa shape index (κ1) is 20.6. The minimum atomic E-state index is -0.331. The van der Waals surface area contributed by atoms with E-state index in [1.165, 1.54) is 12.1 Å². The number of carbonyl (C=O) groups is 2. The van der Waals surface area contributed by atoms with E-state index in [2.05, 4.69) is 10.6 Å². The number of hydrogen-bond acceptors (Lipinski definition) is 4. The van der Waals surface area contributed by atoms with Gasteiger partial charge in [-0.3, -0.25) is 9.59 Å². The predicted octanol–water partition coefficient (Wildman–Crippen LogP) is 1.80. The van der Waals surface area contributed by atoms with Crippen molar-refractivity contribution in [2.24, 2.45) is 5.92 Å². The number of anilines is 1. The number of hydrogen-bond donors (Lipinski definition) is 2. The summed E-state index contributed by atoms with van der Waals surface area (Å²) in [4.78, 5) is 26.5. The number of carbonyl (C=O) groups excluding carboxylic acids is 2. The van der Waals surface area contributed by atoms with Gasteiger partial charge in [0.2, 0.25) is 11.8 Å². The highest BCUT2D eigenvalue weighted by molar-refractivity contribution is 5.92. The molecule has 6 nitrogen and oxygen atoms in total. The molecule has 2 aliphatic rings. The largest absolute Gasteiger partial charge is 0.378 e. The van der Waals surface area contributed by atoms with Gasteiger partial charge in [0.15, 0.2) is 0 Å². The summed E-state index contributed by atoms with van der Waals surface area (Å²) < 4.78 is 18.3. The standard InChI is InChI=1S/C18H24FN3O3.ClH/c19-14-1-3-15(4-2-14)21-18(24)13-5-8-22(9-6-13)17(23)11-16-12-25-10-7-20-16;/h1-4,13,16,20H,5-12H2,(H,21,24);1H. The Morgan fingerprint density at radius 3 is 2.54 bits per heavy atom.